The summed E-state index contributed by atoms with van der Waals surface area (Å²) in [6, 6.07) is 1.54. The Morgan fingerprint density at radius 2 is 2.50 bits per heavy atom. The zero-order valence-electron chi connectivity index (χ0n) is 7.46. The standard InChI is InChI=1S/C9H8FNO3/c1-2-13-9(12)7-6(10)8-5(11-7)3-4-14-8/h3-4,11H,2H2,1H3. The van der Waals surface area contributed by atoms with E-state index in [2.05, 4.69) is 9.72 Å². The molecule has 1 N–H and O–H groups in total. The van der Waals surface area contributed by atoms with Gasteiger partial charge in [0, 0.05) is 6.07 Å². The smallest absolute Gasteiger partial charge is 0.357 e. The van der Waals surface area contributed by atoms with Crippen LogP contribution in [0.3, 0.4) is 0 Å². The molecule has 0 saturated carbocycles. The predicted molar refractivity (Wildman–Crippen MR) is 46.5 cm³/mol. The lowest BCUT2D eigenvalue weighted by atomic mass is 10.4. The van der Waals surface area contributed by atoms with E-state index >= 15 is 0 Å². The Hall–Kier alpha value is -1.78. The van der Waals surface area contributed by atoms with E-state index in [9.17, 15) is 9.18 Å². The molecule has 74 valence electrons. The largest absolute Gasteiger partial charge is 0.461 e. The quantitative estimate of drug-likeness (QED) is 0.750. The van der Waals surface area contributed by atoms with Crippen LogP contribution >= 0.6 is 0 Å². The van der Waals surface area contributed by atoms with Gasteiger partial charge in [-0.15, -0.1) is 0 Å². The molecule has 0 amide bonds. The first-order valence-corrected chi connectivity index (χ1v) is 4.15. The Kier molecular flexibility index (Phi) is 1.99. The highest BCUT2D eigenvalue weighted by Gasteiger charge is 2.20. The molecule has 0 aliphatic heterocycles. The molecule has 0 spiro atoms. The Morgan fingerprint density at radius 1 is 1.71 bits per heavy atom. The first-order chi connectivity index (χ1) is 6.74. The van der Waals surface area contributed by atoms with Gasteiger partial charge in [-0.3, -0.25) is 0 Å². The van der Waals surface area contributed by atoms with Crippen LogP contribution in [0.1, 0.15) is 17.4 Å². The molecule has 0 aliphatic carbocycles. The molecule has 0 aliphatic rings. The highest BCUT2D eigenvalue weighted by Crippen LogP contribution is 2.21. The predicted octanol–water partition coefficient (Wildman–Crippen LogP) is 2.08. The topological polar surface area (TPSA) is 55.2 Å². The number of hydrogen-bond acceptors (Lipinski definition) is 3. The summed E-state index contributed by atoms with van der Waals surface area (Å²) in [6.07, 6.45) is 1.35. The van der Waals surface area contributed by atoms with Crippen LogP contribution < -0.4 is 0 Å². The van der Waals surface area contributed by atoms with Crippen LogP contribution in [0.4, 0.5) is 4.39 Å². The van der Waals surface area contributed by atoms with Gasteiger partial charge < -0.3 is 14.1 Å². The van der Waals surface area contributed by atoms with Crippen LogP contribution in [-0.4, -0.2) is 17.6 Å². The van der Waals surface area contributed by atoms with Gasteiger partial charge in [-0.05, 0) is 6.92 Å². The average molecular weight is 197 g/mol. The number of halogens is 1. The van der Waals surface area contributed by atoms with Gasteiger partial charge in [0.1, 0.15) is 0 Å². The van der Waals surface area contributed by atoms with Gasteiger partial charge in [-0.1, -0.05) is 0 Å². The Morgan fingerprint density at radius 3 is 3.14 bits per heavy atom. The van der Waals surface area contributed by atoms with Crippen molar-refractivity contribution in [2.24, 2.45) is 0 Å². The van der Waals surface area contributed by atoms with Crippen molar-refractivity contribution in [1.29, 1.82) is 0 Å². The van der Waals surface area contributed by atoms with E-state index in [1.54, 1.807) is 13.0 Å². The van der Waals surface area contributed by atoms with E-state index in [1.807, 2.05) is 0 Å². The molecule has 0 fully saturated rings. The van der Waals surface area contributed by atoms with Gasteiger partial charge in [-0.2, -0.15) is 0 Å². The summed E-state index contributed by atoms with van der Waals surface area (Å²) >= 11 is 0. The Labute approximate surface area is 78.7 Å². The highest BCUT2D eigenvalue weighted by atomic mass is 19.1. The average Bonchev–Trinajstić information content (AvgIpc) is 2.69. The second kappa shape index (κ2) is 3.17. The molecule has 0 unspecified atom stereocenters. The maximum absolute atomic E-state index is 13.4. The van der Waals surface area contributed by atoms with Gasteiger partial charge in [0.25, 0.3) is 0 Å². The summed E-state index contributed by atoms with van der Waals surface area (Å²) in [7, 11) is 0. The molecule has 0 saturated heterocycles. The summed E-state index contributed by atoms with van der Waals surface area (Å²) in [5.41, 5.74) is 0.305. The van der Waals surface area contributed by atoms with E-state index in [4.69, 9.17) is 4.42 Å². The van der Waals surface area contributed by atoms with Crippen LogP contribution in [0.2, 0.25) is 0 Å². The maximum atomic E-state index is 13.4. The number of aromatic nitrogens is 1. The van der Waals surface area contributed by atoms with Crippen molar-refractivity contribution < 1.29 is 18.3 Å². The number of rotatable bonds is 2. The molecule has 2 heterocycles. The van der Waals surface area contributed by atoms with Gasteiger partial charge in [0.2, 0.25) is 0 Å². The lowest BCUT2D eigenvalue weighted by Gasteiger charge is -1.97. The fourth-order valence-electron chi connectivity index (χ4n) is 1.22. The monoisotopic (exact) mass is 197 g/mol. The van der Waals surface area contributed by atoms with Gasteiger partial charge in [-0.25, -0.2) is 9.18 Å². The van der Waals surface area contributed by atoms with E-state index in [0.29, 0.717) is 5.52 Å². The highest BCUT2D eigenvalue weighted by molar-refractivity contribution is 5.93. The minimum absolute atomic E-state index is 0.0491. The number of nitrogens with one attached hydrogen (secondary N) is 1. The summed E-state index contributed by atoms with van der Waals surface area (Å²) in [4.78, 5) is 13.8. The fourth-order valence-corrected chi connectivity index (χ4v) is 1.22. The number of fused-ring (bicyclic) bond motifs is 1. The minimum atomic E-state index is -0.712. The number of hydrogen-bond donors (Lipinski definition) is 1. The molecular weight excluding hydrogens is 189 g/mol. The summed E-state index contributed by atoms with van der Waals surface area (Å²) < 4.78 is 22.9. The first kappa shape index (κ1) is 8.80. The van der Waals surface area contributed by atoms with Gasteiger partial charge >= 0.3 is 5.97 Å². The molecular formula is C9H8FNO3. The first-order valence-electron chi connectivity index (χ1n) is 4.15. The second-order valence-corrected chi connectivity index (χ2v) is 2.70. The molecule has 4 nitrogen and oxygen atoms in total. The van der Waals surface area contributed by atoms with Crippen LogP contribution in [0, 0.1) is 5.82 Å². The number of esters is 1. The molecule has 14 heavy (non-hydrogen) atoms. The lowest BCUT2D eigenvalue weighted by molar-refractivity contribution is 0.0515. The maximum Gasteiger partial charge on any atom is 0.357 e. The summed E-state index contributed by atoms with van der Waals surface area (Å²) in [6.45, 7) is 1.86. The van der Waals surface area contributed by atoms with Gasteiger partial charge in [0.05, 0.1) is 18.4 Å². The van der Waals surface area contributed by atoms with Crippen LogP contribution in [-0.2, 0) is 4.74 Å². The van der Waals surface area contributed by atoms with Crippen molar-refractivity contribution >= 4 is 17.1 Å². The normalized spacial score (nSPS) is 10.7. The van der Waals surface area contributed by atoms with Crippen molar-refractivity contribution in [1.82, 2.24) is 4.98 Å². The second-order valence-electron chi connectivity index (χ2n) is 2.70. The van der Waals surface area contributed by atoms with E-state index < -0.39 is 11.8 Å². The molecule has 5 heteroatoms. The number of H-pyrrole nitrogens is 1. The number of carbonyl (C=O) groups is 1. The van der Waals surface area contributed by atoms with Crippen molar-refractivity contribution in [2.45, 2.75) is 6.92 Å². The van der Waals surface area contributed by atoms with E-state index in [0.717, 1.165) is 0 Å². The Bertz CT molecular complexity index is 471. The van der Waals surface area contributed by atoms with Crippen molar-refractivity contribution in [3.05, 3.63) is 23.8 Å². The molecule has 2 rings (SSSR count). The molecule has 2 aromatic rings. The van der Waals surface area contributed by atoms with E-state index in [-0.39, 0.29) is 17.9 Å². The minimum Gasteiger partial charge on any atom is -0.461 e. The van der Waals surface area contributed by atoms with Gasteiger partial charge in [0.15, 0.2) is 17.1 Å². The zero-order valence-corrected chi connectivity index (χ0v) is 7.46. The third-order valence-electron chi connectivity index (χ3n) is 1.82. The molecule has 0 aromatic carbocycles. The molecule has 0 bridgehead atoms. The van der Waals surface area contributed by atoms with Crippen molar-refractivity contribution in [3.8, 4) is 0 Å². The number of carbonyl (C=O) groups excluding carboxylic acids is 1. The van der Waals surface area contributed by atoms with Crippen LogP contribution in [0.25, 0.3) is 11.1 Å². The lowest BCUT2D eigenvalue weighted by Crippen LogP contribution is -2.06. The van der Waals surface area contributed by atoms with E-state index in [1.165, 1.54) is 6.26 Å². The van der Waals surface area contributed by atoms with Crippen molar-refractivity contribution in [3.63, 3.8) is 0 Å². The zero-order chi connectivity index (χ0) is 10.1. The third kappa shape index (κ3) is 1.17. The van der Waals surface area contributed by atoms with Crippen LogP contribution in [0.5, 0.6) is 0 Å². The molecule has 0 radical (unpaired) electrons. The summed E-state index contributed by atoms with van der Waals surface area (Å²) in [5, 5.41) is 0. The molecule has 2 aromatic heterocycles. The number of aromatic amines is 1. The number of ether oxygens (including phenoxy) is 1. The third-order valence-corrected chi connectivity index (χ3v) is 1.82. The summed E-state index contributed by atoms with van der Waals surface area (Å²) in [5.74, 6) is -1.42. The van der Waals surface area contributed by atoms with Crippen molar-refractivity contribution in [2.75, 3.05) is 6.61 Å². The number of furan rings is 1. The van der Waals surface area contributed by atoms with Crippen LogP contribution in [0.15, 0.2) is 16.7 Å². The fraction of sp³-hybridized carbons (Fsp3) is 0.222. The SMILES string of the molecule is CCOC(=O)c1[nH]c2ccoc2c1F. The molecule has 0 atom stereocenters. The Balaban J connectivity index is 2.47.